The monoisotopic (exact) mass is 223 g/mol. The molecule has 0 amide bonds. The average Bonchev–Trinajstić information content (AvgIpc) is 2.27. The molecule has 0 unspecified atom stereocenters. The van der Waals surface area contributed by atoms with Gasteiger partial charge in [0.1, 0.15) is 6.04 Å². The molecule has 0 fully saturated rings. The summed E-state index contributed by atoms with van der Waals surface area (Å²) in [6.45, 7) is 0.507. The number of nitrogens with two attached hydrogens (primary N) is 1. The Bertz CT molecular complexity index is 303. The van der Waals surface area contributed by atoms with Gasteiger partial charge in [-0.05, 0) is 18.0 Å². The van der Waals surface area contributed by atoms with E-state index in [4.69, 9.17) is 10.5 Å². The molecule has 15 heavy (non-hydrogen) atoms. The first-order chi connectivity index (χ1) is 7.24. The zero-order valence-corrected chi connectivity index (χ0v) is 11.0. The fourth-order valence-electron chi connectivity index (χ4n) is 1.26. The average molecular weight is 223 g/mol. The molecule has 0 radical (unpaired) electrons. The Kier molecular flexibility index (Phi) is 5.07. The number of hydrogen-bond acceptors (Lipinski definition) is 3. The quantitative estimate of drug-likeness (QED) is 0.559. The molecular formula is C11H17NO2Si. The molecule has 82 valence electrons. The lowest BCUT2D eigenvalue weighted by atomic mass is 10.1. The fraction of sp³-hybridized carbons (Fsp3) is 0.364. The van der Waals surface area contributed by atoms with Crippen LogP contribution in [0.3, 0.4) is 0 Å². The van der Waals surface area contributed by atoms with Crippen molar-refractivity contribution in [1.82, 2.24) is 0 Å². The molecule has 0 heterocycles. The van der Waals surface area contributed by atoms with E-state index in [0.717, 1.165) is 21.9 Å². The molecule has 0 aliphatic heterocycles. The lowest BCUT2D eigenvalue weighted by molar-refractivity contribution is -0.144. The second-order valence-corrected chi connectivity index (χ2v) is 4.46. The van der Waals surface area contributed by atoms with Crippen LogP contribution < -0.4 is 5.73 Å². The SMILES string of the molecule is N[C@@H](Cc1ccccc1)C(=O)OCC[SiH3]. The minimum Gasteiger partial charge on any atom is -0.465 e. The number of hydrogen-bond donors (Lipinski definition) is 1. The lowest BCUT2D eigenvalue weighted by Crippen LogP contribution is -2.34. The molecular weight excluding hydrogens is 206 g/mol. The molecule has 1 aromatic rings. The minimum atomic E-state index is -0.541. The number of ether oxygens (including phenoxy) is 1. The summed E-state index contributed by atoms with van der Waals surface area (Å²) in [7, 11) is 1.05. The summed E-state index contributed by atoms with van der Waals surface area (Å²) in [5.74, 6) is -0.297. The predicted octanol–water partition coefficient (Wildman–Crippen LogP) is -0.117. The Hall–Kier alpha value is -1.13. The first kappa shape index (κ1) is 11.9. The first-order valence-corrected chi connectivity index (χ1v) is 6.61. The molecule has 2 N–H and O–H groups in total. The van der Waals surface area contributed by atoms with Crippen LogP contribution in [0.25, 0.3) is 0 Å². The van der Waals surface area contributed by atoms with E-state index in [1.165, 1.54) is 0 Å². The molecule has 0 saturated heterocycles. The van der Waals surface area contributed by atoms with E-state index in [1.54, 1.807) is 0 Å². The maximum Gasteiger partial charge on any atom is 0.323 e. The molecule has 0 saturated carbocycles. The van der Waals surface area contributed by atoms with Crippen molar-refractivity contribution in [2.24, 2.45) is 5.73 Å². The number of carbonyl (C=O) groups excluding carboxylic acids is 1. The van der Waals surface area contributed by atoms with Crippen molar-refractivity contribution in [3.05, 3.63) is 35.9 Å². The predicted molar refractivity (Wildman–Crippen MR) is 63.8 cm³/mol. The molecule has 4 heteroatoms. The highest BCUT2D eigenvalue weighted by Gasteiger charge is 2.14. The summed E-state index contributed by atoms with van der Waals surface area (Å²) in [6, 6.07) is 10.1. The van der Waals surface area contributed by atoms with E-state index in [1.807, 2.05) is 30.3 Å². The maximum absolute atomic E-state index is 11.4. The van der Waals surface area contributed by atoms with Crippen LogP contribution in [-0.4, -0.2) is 28.9 Å². The van der Waals surface area contributed by atoms with Crippen molar-refractivity contribution in [3.8, 4) is 0 Å². The van der Waals surface area contributed by atoms with Gasteiger partial charge in [0.15, 0.2) is 0 Å². The van der Waals surface area contributed by atoms with E-state index in [9.17, 15) is 4.79 Å². The highest BCUT2D eigenvalue weighted by atomic mass is 28.1. The summed E-state index contributed by atoms with van der Waals surface area (Å²) in [5.41, 5.74) is 6.79. The Morgan fingerprint density at radius 3 is 2.67 bits per heavy atom. The van der Waals surface area contributed by atoms with Crippen LogP contribution in [0.5, 0.6) is 0 Å². The first-order valence-electron chi connectivity index (χ1n) is 5.20. The van der Waals surface area contributed by atoms with Gasteiger partial charge in [0.2, 0.25) is 0 Å². The molecule has 0 spiro atoms. The summed E-state index contributed by atoms with van der Waals surface area (Å²) < 4.78 is 5.00. The van der Waals surface area contributed by atoms with Gasteiger partial charge in [-0.15, -0.1) is 0 Å². The smallest absolute Gasteiger partial charge is 0.323 e. The van der Waals surface area contributed by atoms with E-state index in [2.05, 4.69) is 0 Å². The van der Waals surface area contributed by atoms with Gasteiger partial charge in [-0.2, -0.15) is 0 Å². The zero-order chi connectivity index (χ0) is 11.1. The third-order valence-corrected chi connectivity index (χ3v) is 2.46. The van der Waals surface area contributed by atoms with Gasteiger partial charge < -0.3 is 10.5 Å². The minimum absolute atomic E-state index is 0.297. The summed E-state index contributed by atoms with van der Waals surface area (Å²) in [6.07, 6.45) is 0.542. The fourth-order valence-corrected chi connectivity index (χ4v) is 1.47. The standard InChI is InChI=1S/C11H17NO2Si/c12-10(11(13)14-6-7-15)8-9-4-2-1-3-5-9/h1-5,10H,6-8,12H2,15H3/t10-/m0/s1. The largest absolute Gasteiger partial charge is 0.465 e. The summed E-state index contributed by atoms with van der Waals surface area (Å²) >= 11 is 0. The third kappa shape index (κ3) is 4.27. The highest BCUT2D eigenvalue weighted by Crippen LogP contribution is 2.02. The molecule has 0 aliphatic rings. The maximum atomic E-state index is 11.4. The van der Waals surface area contributed by atoms with Crippen molar-refractivity contribution in [2.45, 2.75) is 18.5 Å². The second-order valence-electron chi connectivity index (χ2n) is 3.46. The zero-order valence-electron chi connectivity index (χ0n) is 8.98. The molecule has 1 rings (SSSR count). The van der Waals surface area contributed by atoms with Gasteiger partial charge >= 0.3 is 5.97 Å². The number of carbonyl (C=O) groups is 1. The van der Waals surface area contributed by atoms with Gasteiger partial charge in [0.25, 0.3) is 0 Å². The van der Waals surface area contributed by atoms with Crippen LogP contribution in [0, 0.1) is 0 Å². The van der Waals surface area contributed by atoms with E-state index in [-0.39, 0.29) is 5.97 Å². The Morgan fingerprint density at radius 1 is 1.40 bits per heavy atom. The number of esters is 1. The molecule has 0 bridgehead atoms. The van der Waals surface area contributed by atoms with Gasteiger partial charge in [-0.3, -0.25) is 4.79 Å². The van der Waals surface area contributed by atoms with Crippen molar-refractivity contribution in [1.29, 1.82) is 0 Å². The number of rotatable bonds is 5. The van der Waals surface area contributed by atoms with E-state index >= 15 is 0 Å². The van der Waals surface area contributed by atoms with Crippen molar-refractivity contribution >= 4 is 16.2 Å². The van der Waals surface area contributed by atoms with Crippen molar-refractivity contribution in [3.63, 3.8) is 0 Å². The Balaban J connectivity index is 2.41. The molecule has 1 atom stereocenters. The number of benzene rings is 1. The van der Waals surface area contributed by atoms with Gasteiger partial charge in [-0.25, -0.2) is 0 Å². The molecule has 0 aromatic heterocycles. The van der Waals surface area contributed by atoms with E-state index in [0.29, 0.717) is 13.0 Å². The van der Waals surface area contributed by atoms with Crippen LogP contribution in [0.15, 0.2) is 30.3 Å². The van der Waals surface area contributed by atoms with Crippen LogP contribution in [0.4, 0.5) is 0 Å². The normalized spacial score (nSPS) is 12.3. The Labute approximate surface area is 93.0 Å². The Morgan fingerprint density at radius 2 is 2.07 bits per heavy atom. The van der Waals surface area contributed by atoms with Gasteiger partial charge in [-0.1, -0.05) is 30.3 Å². The van der Waals surface area contributed by atoms with Crippen LogP contribution in [-0.2, 0) is 16.0 Å². The topological polar surface area (TPSA) is 52.3 Å². The van der Waals surface area contributed by atoms with Crippen LogP contribution in [0.2, 0.25) is 6.04 Å². The molecule has 1 aromatic carbocycles. The van der Waals surface area contributed by atoms with Crippen LogP contribution >= 0.6 is 0 Å². The van der Waals surface area contributed by atoms with Crippen molar-refractivity contribution < 1.29 is 9.53 Å². The van der Waals surface area contributed by atoms with Crippen molar-refractivity contribution in [2.75, 3.05) is 6.61 Å². The highest BCUT2D eigenvalue weighted by molar-refractivity contribution is 6.08. The third-order valence-electron chi connectivity index (χ3n) is 2.05. The summed E-state index contributed by atoms with van der Waals surface area (Å²) in [4.78, 5) is 11.4. The van der Waals surface area contributed by atoms with Gasteiger partial charge in [0, 0.05) is 10.2 Å². The van der Waals surface area contributed by atoms with E-state index < -0.39 is 6.04 Å². The van der Waals surface area contributed by atoms with Crippen LogP contribution in [0.1, 0.15) is 5.56 Å². The second kappa shape index (κ2) is 6.37. The lowest BCUT2D eigenvalue weighted by Gasteiger charge is -2.10. The molecule has 0 aliphatic carbocycles. The van der Waals surface area contributed by atoms with Gasteiger partial charge in [0.05, 0.1) is 6.61 Å². The summed E-state index contributed by atoms with van der Waals surface area (Å²) in [5, 5.41) is 0. The molecule has 3 nitrogen and oxygen atoms in total.